The van der Waals surface area contributed by atoms with Crippen molar-refractivity contribution in [3.8, 4) is 0 Å². The summed E-state index contributed by atoms with van der Waals surface area (Å²) >= 11 is 1.36. The van der Waals surface area contributed by atoms with E-state index in [4.69, 9.17) is 0 Å². The zero-order valence-electron chi connectivity index (χ0n) is 14.2. The van der Waals surface area contributed by atoms with Crippen LogP contribution >= 0.6 is 11.8 Å². The third-order valence-corrected chi connectivity index (χ3v) is 5.01. The number of hydrazone groups is 1. The van der Waals surface area contributed by atoms with Gasteiger partial charge in [-0.3, -0.25) is 14.2 Å². The van der Waals surface area contributed by atoms with E-state index in [9.17, 15) is 9.59 Å². The molecule has 6 nitrogen and oxygen atoms in total. The van der Waals surface area contributed by atoms with Crippen LogP contribution in [-0.4, -0.2) is 26.4 Å². The van der Waals surface area contributed by atoms with Crippen LogP contribution in [0.2, 0.25) is 0 Å². The number of anilines is 1. The number of imidazole rings is 1. The molecule has 7 heteroatoms. The number of aryl methyl sites for hydroxylation is 3. The average Bonchev–Trinajstić information content (AvgIpc) is 2.84. The Bertz CT molecular complexity index is 898. The second-order valence-corrected chi connectivity index (χ2v) is 6.76. The Kier molecular flexibility index (Phi) is 4.04. The molecule has 2 heterocycles. The lowest BCUT2D eigenvalue weighted by Gasteiger charge is -2.22. The van der Waals surface area contributed by atoms with Crippen molar-refractivity contribution in [3.05, 3.63) is 40.7 Å². The van der Waals surface area contributed by atoms with Gasteiger partial charge in [0.15, 0.2) is 5.82 Å². The summed E-state index contributed by atoms with van der Waals surface area (Å²) in [4.78, 5) is 28.4. The lowest BCUT2D eigenvalue weighted by Crippen LogP contribution is -2.28. The van der Waals surface area contributed by atoms with Crippen molar-refractivity contribution in [2.75, 3.05) is 5.01 Å². The van der Waals surface area contributed by atoms with Crippen LogP contribution in [0.15, 0.2) is 28.3 Å². The normalized spacial score (nSPS) is 13.5. The van der Waals surface area contributed by atoms with Crippen LogP contribution in [0.5, 0.6) is 0 Å². The van der Waals surface area contributed by atoms with E-state index in [0.29, 0.717) is 21.7 Å². The molecule has 3 rings (SSSR count). The molecule has 0 aliphatic carbocycles. The van der Waals surface area contributed by atoms with Gasteiger partial charge in [0.1, 0.15) is 15.9 Å². The average molecular weight is 342 g/mol. The van der Waals surface area contributed by atoms with Gasteiger partial charge in [-0.05, 0) is 49.7 Å². The lowest BCUT2D eigenvalue weighted by atomic mass is 10.1. The summed E-state index contributed by atoms with van der Waals surface area (Å²) in [6.07, 6.45) is 0. The van der Waals surface area contributed by atoms with E-state index < -0.39 is 0 Å². The summed E-state index contributed by atoms with van der Waals surface area (Å²) in [6, 6.07) is 6.03. The van der Waals surface area contributed by atoms with Crippen LogP contribution in [0.25, 0.3) is 0 Å². The number of carbonyl (C=O) groups excluding carboxylic acids is 2. The van der Waals surface area contributed by atoms with Gasteiger partial charge in [-0.2, -0.15) is 10.1 Å². The van der Waals surface area contributed by atoms with Crippen molar-refractivity contribution in [2.24, 2.45) is 5.10 Å². The molecule has 24 heavy (non-hydrogen) atoms. The Morgan fingerprint density at radius 3 is 2.33 bits per heavy atom. The highest BCUT2D eigenvalue weighted by Gasteiger charge is 2.31. The van der Waals surface area contributed by atoms with Crippen LogP contribution in [0, 0.1) is 20.8 Å². The van der Waals surface area contributed by atoms with E-state index in [-0.39, 0.29) is 11.8 Å². The van der Waals surface area contributed by atoms with Crippen LogP contribution in [0.3, 0.4) is 0 Å². The largest absolute Gasteiger partial charge is 0.274 e. The van der Waals surface area contributed by atoms with Crippen molar-refractivity contribution in [2.45, 2.75) is 39.6 Å². The fourth-order valence-electron chi connectivity index (χ4n) is 2.56. The Hall–Kier alpha value is -2.41. The van der Waals surface area contributed by atoms with Gasteiger partial charge in [-0.1, -0.05) is 12.1 Å². The van der Waals surface area contributed by atoms with Gasteiger partial charge in [-0.15, -0.1) is 0 Å². The van der Waals surface area contributed by atoms with E-state index >= 15 is 0 Å². The third kappa shape index (κ3) is 2.65. The molecule has 1 aliphatic rings. The lowest BCUT2D eigenvalue weighted by molar-refractivity contribution is -0.116. The molecule has 0 spiro atoms. The predicted molar refractivity (Wildman–Crippen MR) is 94.7 cm³/mol. The number of nitrogens with zero attached hydrogens (tertiary/aromatic N) is 4. The highest BCUT2D eigenvalue weighted by Crippen LogP contribution is 2.38. The molecule has 0 saturated carbocycles. The first-order chi connectivity index (χ1) is 11.3. The third-order valence-electron chi connectivity index (χ3n) is 3.94. The van der Waals surface area contributed by atoms with E-state index in [1.54, 1.807) is 6.92 Å². The SMILES string of the molecule is CC(=O)N1N=C(c2ccc(C)c(C)c2)Sc2c1nc(C)n2C(C)=O. The molecule has 0 radical (unpaired) electrons. The van der Waals surface area contributed by atoms with Gasteiger partial charge in [0.2, 0.25) is 11.8 Å². The molecule has 1 aromatic carbocycles. The summed E-state index contributed by atoms with van der Waals surface area (Å²) in [6.45, 7) is 8.74. The first-order valence-electron chi connectivity index (χ1n) is 7.54. The number of aromatic nitrogens is 2. The molecule has 2 aromatic rings. The smallest absolute Gasteiger partial charge is 0.245 e. The number of fused-ring (bicyclic) bond motifs is 1. The summed E-state index contributed by atoms with van der Waals surface area (Å²) in [5.74, 6) is 0.570. The molecule has 124 valence electrons. The van der Waals surface area contributed by atoms with Crippen molar-refractivity contribution >= 4 is 34.4 Å². The number of benzene rings is 1. The summed E-state index contributed by atoms with van der Waals surface area (Å²) in [5.41, 5.74) is 3.25. The Labute approximate surface area is 144 Å². The molecule has 0 N–H and O–H groups in total. The molecular formula is C17H18N4O2S. The van der Waals surface area contributed by atoms with Gasteiger partial charge < -0.3 is 0 Å². The molecule has 0 saturated heterocycles. The van der Waals surface area contributed by atoms with Crippen LogP contribution in [-0.2, 0) is 4.79 Å². The second kappa shape index (κ2) is 5.90. The summed E-state index contributed by atoms with van der Waals surface area (Å²) in [5, 5.41) is 7.01. The summed E-state index contributed by atoms with van der Waals surface area (Å²) in [7, 11) is 0. The maximum Gasteiger partial charge on any atom is 0.245 e. The monoisotopic (exact) mass is 342 g/mol. The molecule has 0 fully saturated rings. The maximum atomic E-state index is 12.0. The number of hydrogen-bond acceptors (Lipinski definition) is 5. The fourth-order valence-corrected chi connectivity index (χ4v) is 3.68. The van der Waals surface area contributed by atoms with E-state index in [1.165, 1.54) is 40.7 Å². The second-order valence-electron chi connectivity index (χ2n) is 5.78. The van der Waals surface area contributed by atoms with E-state index in [2.05, 4.69) is 10.1 Å². The van der Waals surface area contributed by atoms with E-state index in [1.807, 2.05) is 32.0 Å². The molecule has 0 unspecified atom stereocenters. The number of rotatable bonds is 1. The van der Waals surface area contributed by atoms with Crippen LogP contribution in [0.4, 0.5) is 5.82 Å². The van der Waals surface area contributed by atoms with Crippen molar-refractivity contribution in [3.63, 3.8) is 0 Å². The Morgan fingerprint density at radius 2 is 1.75 bits per heavy atom. The first kappa shape index (κ1) is 16.4. The maximum absolute atomic E-state index is 12.0. The van der Waals surface area contributed by atoms with Crippen LogP contribution in [0.1, 0.15) is 41.2 Å². The number of carbonyl (C=O) groups is 2. The van der Waals surface area contributed by atoms with Gasteiger partial charge in [0, 0.05) is 19.4 Å². The summed E-state index contributed by atoms with van der Waals surface area (Å²) < 4.78 is 1.52. The van der Waals surface area contributed by atoms with Crippen molar-refractivity contribution in [1.82, 2.24) is 9.55 Å². The molecule has 0 bridgehead atoms. The number of thioether (sulfide) groups is 1. The van der Waals surface area contributed by atoms with Gasteiger partial charge in [0.05, 0.1) is 0 Å². The Morgan fingerprint density at radius 1 is 1.04 bits per heavy atom. The van der Waals surface area contributed by atoms with Crippen molar-refractivity contribution < 1.29 is 9.59 Å². The molecule has 1 aromatic heterocycles. The minimum atomic E-state index is -0.244. The minimum Gasteiger partial charge on any atom is -0.274 e. The quantitative estimate of drug-likeness (QED) is 0.797. The molecule has 1 amide bonds. The van der Waals surface area contributed by atoms with Crippen LogP contribution < -0.4 is 5.01 Å². The number of hydrogen-bond donors (Lipinski definition) is 0. The highest BCUT2D eigenvalue weighted by atomic mass is 32.2. The topological polar surface area (TPSA) is 67.6 Å². The predicted octanol–water partition coefficient (Wildman–Crippen LogP) is 3.29. The van der Waals surface area contributed by atoms with Gasteiger partial charge in [-0.25, -0.2) is 4.98 Å². The minimum absolute atomic E-state index is 0.140. The van der Waals surface area contributed by atoms with E-state index in [0.717, 1.165) is 11.1 Å². The highest BCUT2D eigenvalue weighted by molar-refractivity contribution is 8.14. The zero-order chi connectivity index (χ0) is 17.6. The Balaban J connectivity index is 2.16. The molecule has 1 aliphatic heterocycles. The molecule has 0 atom stereocenters. The standard InChI is InChI=1S/C17H18N4O2S/c1-9-6-7-14(8-10(9)2)16-19-21(13(5)23)15-17(24-16)20(12(4)22)11(3)18-15/h6-8H,1-5H3. The van der Waals surface area contributed by atoms with Gasteiger partial charge in [0.25, 0.3) is 0 Å². The zero-order valence-corrected chi connectivity index (χ0v) is 15.1. The fraction of sp³-hybridized carbons (Fsp3) is 0.294. The molecular weight excluding hydrogens is 324 g/mol. The van der Waals surface area contributed by atoms with Crippen molar-refractivity contribution in [1.29, 1.82) is 0 Å². The number of amides is 1. The first-order valence-corrected chi connectivity index (χ1v) is 8.36. The van der Waals surface area contributed by atoms with Gasteiger partial charge >= 0.3 is 0 Å².